The number of fused-ring (bicyclic) bond motifs is 1. The van der Waals surface area contributed by atoms with Crippen LogP contribution in [-0.2, 0) is 4.79 Å². The number of ketones is 1. The molecule has 4 aromatic rings. The van der Waals surface area contributed by atoms with Crippen LogP contribution in [0.25, 0.3) is 21.3 Å². The van der Waals surface area contributed by atoms with Crippen molar-refractivity contribution in [2.75, 3.05) is 5.32 Å². The number of carbonyl (C=O) groups excluding carboxylic acids is 1. The Morgan fingerprint density at radius 1 is 0.972 bits per heavy atom. The van der Waals surface area contributed by atoms with E-state index >= 15 is 0 Å². The number of halogens is 2. The Kier molecular flexibility index (Phi) is 6.08. The van der Waals surface area contributed by atoms with E-state index in [2.05, 4.69) is 10.3 Å². The molecular weight excluding hydrogens is 482 g/mol. The van der Waals surface area contributed by atoms with Crippen molar-refractivity contribution in [2.24, 2.45) is 17.3 Å². The van der Waals surface area contributed by atoms with E-state index < -0.39 is 23.6 Å². The van der Waals surface area contributed by atoms with Crippen LogP contribution in [0.2, 0.25) is 0 Å². The van der Waals surface area contributed by atoms with Gasteiger partial charge in [0.25, 0.3) is 0 Å². The van der Waals surface area contributed by atoms with Gasteiger partial charge in [-0.1, -0.05) is 55.5 Å². The summed E-state index contributed by atoms with van der Waals surface area (Å²) in [6, 6.07) is 15.9. The Bertz CT molecular complexity index is 1480. The van der Waals surface area contributed by atoms with E-state index in [0.29, 0.717) is 39.3 Å². The van der Waals surface area contributed by atoms with E-state index in [1.54, 1.807) is 42.5 Å². The lowest BCUT2D eigenvalue weighted by Crippen LogP contribution is -2.25. The zero-order valence-corrected chi connectivity index (χ0v) is 20.5. The number of carboxylic acids is 1. The second-order valence-electron chi connectivity index (χ2n) is 10.0. The molecule has 1 heterocycles. The number of benzene rings is 3. The summed E-state index contributed by atoms with van der Waals surface area (Å²) in [4.78, 5) is 29.2. The molecule has 5 nitrogen and oxygen atoms in total. The Hall–Kier alpha value is -3.65. The summed E-state index contributed by atoms with van der Waals surface area (Å²) in [6.45, 7) is 3.98. The number of carboxylic acid groups (broad SMARTS) is 1. The average Bonchev–Trinajstić information content (AvgIpc) is 3.39. The zero-order chi connectivity index (χ0) is 25.6. The fourth-order valence-corrected chi connectivity index (χ4v) is 5.90. The van der Waals surface area contributed by atoms with E-state index in [9.17, 15) is 23.5 Å². The number of aromatic nitrogens is 1. The van der Waals surface area contributed by atoms with Crippen molar-refractivity contribution in [3.63, 3.8) is 0 Å². The molecule has 0 spiro atoms. The van der Waals surface area contributed by atoms with E-state index in [1.807, 2.05) is 13.8 Å². The summed E-state index contributed by atoms with van der Waals surface area (Å²) in [5.74, 6) is -3.16. The van der Waals surface area contributed by atoms with Crippen LogP contribution < -0.4 is 5.32 Å². The predicted molar refractivity (Wildman–Crippen MR) is 137 cm³/mol. The number of Topliss-reactive ketones (excluding diaryl/α,β-unsaturated/α-hetero) is 1. The summed E-state index contributed by atoms with van der Waals surface area (Å²) >= 11 is 1.23. The monoisotopic (exact) mass is 506 g/mol. The highest BCUT2D eigenvalue weighted by atomic mass is 32.1. The topological polar surface area (TPSA) is 79.3 Å². The first-order valence-corrected chi connectivity index (χ1v) is 12.4. The molecule has 2 unspecified atom stereocenters. The number of hydrogen-bond donors (Lipinski definition) is 2. The molecule has 1 saturated carbocycles. The number of nitrogens with zero attached hydrogens (tertiary/aromatic N) is 1. The molecule has 0 saturated heterocycles. The van der Waals surface area contributed by atoms with Crippen LogP contribution in [0.4, 0.5) is 19.6 Å². The normalized spacial score (nSPS) is 18.9. The van der Waals surface area contributed by atoms with Gasteiger partial charge in [0.15, 0.2) is 10.9 Å². The Morgan fingerprint density at radius 2 is 1.67 bits per heavy atom. The van der Waals surface area contributed by atoms with Gasteiger partial charge in [0.05, 0.1) is 21.8 Å². The smallest absolute Gasteiger partial charge is 0.307 e. The molecule has 1 aromatic heterocycles. The van der Waals surface area contributed by atoms with Gasteiger partial charge in [-0.15, -0.1) is 0 Å². The SMILES string of the molecule is CC1(C)CC(C(=O)O)C(C(=O)c2ccc(-c3ccc(Nc4nc5ccc(F)cc5s4)c(F)c3)cc2)C1. The van der Waals surface area contributed by atoms with Gasteiger partial charge in [-0.25, -0.2) is 13.8 Å². The van der Waals surface area contributed by atoms with Crippen molar-refractivity contribution < 1.29 is 23.5 Å². The van der Waals surface area contributed by atoms with Crippen LogP contribution >= 0.6 is 11.3 Å². The van der Waals surface area contributed by atoms with E-state index in [1.165, 1.54) is 29.5 Å². The molecule has 0 radical (unpaired) electrons. The highest BCUT2D eigenvalue weighted by molar-refractivity contribution is 7.22. The zero-order valence-electron chi connectivity index (χ0n) is 19.7. The van der Waals surface area contributed by atoms with Crippen molar-refractivity contribution in [2.45, 2.75) is 26.7 Å². The number of anilines is 2. The van der Waals surface area contributed by atoms with Crippen LogP contribution in [0, 0.1) is 28.9 Å². The first-order chi connectivity index (χ1) is 17.1. The summed E-state index contributed by atoms with van der Waals surface area (Å²) in [7, 11) is 0. The van der Waals surface area contributed by atoms with Gasteiger partial charge in [0.2, 0.25) is 0 Å². The van der Waals surface area contributed by atoms with Crippen molar-refractivity contribution >= 4 is 44.1 Å². The van der Waals surface area contributed by atoms with Crippen LogP contribution in [-0.4, -0.2) is 21.8 Å². The fourth-order valence-electron chi connectivity index (χ4n) is 5.00. The molecule has 0 bridgehead atoms. The third-order valence-electron chi connectivity index (χ3n) is 6.75. The molecule has 1 aliphatic rings. The van der Waals surface area contributed by atoms with Crippen LogP contribution in [0.15, 0.2) is 60.7 Å². The lowest BCUT2D eigenvalue weighted by atomic mass is 9.87. The van der Waals surface area contributed by atoms with Crippen molar-refractivity contribution in [1.29, 1.82) is 0 Å². The number of hydrogen-bond acceptors (Lipinski definition) is 5. The second kappa shape index (κ2) is 9.09. The third-order valence-corrected chi connectivity index (χ3v) is 7.68. The quantitative estimate of drug-likeness (QED) is 0.268. The lowest BCUT2D eigenvalue weighted by molar-refractivity contribution is -0.142. The van der Waals surface area contributed by atoms with Crippen LogP contribution in [0.1, 0.15) is 37.0 Å². The van der Waals surface area contributed by atoms with Gasteiger partial charge < -0.3 is 10.4 Å². The Morgan fingerprint density at radius 3 is 2.36 bits per heavy atom. The van der Waals surface area contributed by atoms with Gasteiger partial charge in [0.1, 0.15) is 11.6 Å². The predicted octanol–water partition coefficient (Wildman–Crippen LogP) is 7.30. The molecule has 1 fully saturated rings. The standard InChI is InChI=1S/C28H24F2N2O3S/c1-28(2)13-19(20(14-28)26(34)35)25(33)16-5-3-15(4-6-16)17-7-9-22(21(30)11-17)31-27-32-23-10-8-18(29)12-24(23)36-27/h3-12,19-20H,13-14H2,1-2H3,(H,31,32)(H,34,35). The minimum absolute atomic E-state index is 0.166. The summed E-state index contributed by atoms with van der Waals surface area (Å²) in [5, 5.41) is 13.0. The molecular formula is C28H24F2N2O3S. The molecule has 5 rings (SSSR count). The van der Waals surface area contributed by atoms with E-state index in [4.69, 9.17) is 0 Å². The maximum atomic E-state index is 14.9. The largest absolute Gasteiger partial charge is 0.481 e. The second-order valence-corrected chi connectivity index (χ2v) is 11.0. The number of rotatable bonds is 6. The van der Waals surface area contributed by atoms with Crippen LogP contribution in [0.5, 0.6) is 0 Å². The summed E-state index contributed by atoms with van der Waals surface area (Å²) in [5.41, 5.74) is 2.50. The number of nitrogens with one attached hydrogen (secondary N) is 1. The third kappa shape index (κ3) is 4.73. The first-order valence-electron chi connectivity index (χ1n) is 11.6. The van der Waals surface area contributed by atoms with E-state index in [-0.39, 0.29) is 22.7 Å². The van der Waals surface area contributed by atoms with E-state index in [0.717, 1.165) is 5.56 Å². The van der Waals surface area contributed by atoms with Gasteiger partial charge in [-0.05, 0) is 59.7 Å². The Labute approximate surface area is 210 Å². The molecule has 2 atom stereocenters. The van der Waals surface area contributed by atoms with Gasteiger partial charge >= 0.3 is 5.97 Å². The van der Waals surface area contributed by atoms with Gasteiger partial charge in [-0.2, -0.15) is 0 Å². The van der Waals surface area contributed by atoms with Gasteiger partial charge in [-0.3, -0.25) is 9.59 Å². The maximum Gasteiger partial charge on any atom is 0.307 e. The molecule has 2 N–H and O–H groups in total. The average molecular weight is 507 g/mol. The molecule has 184 valence electrons. The minimum Gasteiger partial charge on any atom is -0.481 e. The van der Waals surface area contributed by atoms with Gasteiger partial charge in [0, 0.05) is 11.5 Å². The van der Waals surface area contributed by atoms with Crippen molar-refractivity contribution in [3.8, 4) is 11.1 Å². The van der Waals surface area contributed by atoms with Crippen molar-refractivity contribution in [3.05, 3.63) is 77.9 Å². The number of aliphatic carboxylic acids is 1. The fraction of sp³-hybridized carbons (Fsp3) is 0.250. The highest BCUT2D eigenvalue weighted by Gasteiger charge is 2.46. The van der Waals surface area contributed by atoms with Crippen molar-refractivity contribution in [1.82, 2.24) is 4.98 Å². The molecule has 0 aliphatic heterocycles. The number of thiazole rings is 1. The first kappa shape index (κ1) is 24.1. The number of carbonyl (C=O) groups is 2. The highest BCUT2D eigenvalue weighted by Crippen LogP contribution is 2.46. The Balaban J connectivity index is 1.33. The lowest BCUT2D eigenvalue weighted by Gasteiger charge is -2.16. The molecule has 36 heavy (non-hydrogen) atoms. The molecule has 3 aromatic carbocycles. The molecule has 0 amide bonds. The maximum absolute atomic E-state index is 14.9. The molecule has 8 heteroatoms. The summed E-state index contributed by atoms with van der Waals surface area (Å²) < 4.78 is 29.0. The minimum atomic E-state index is -0.933. The van der Waals surface area contributed by atoms with Crippen LogP contribution in [0.3, 0.4) is 0 Å². The summed E-state index contributed by atoms with van der Waals surface area (Å²) in [6.07, 6.45) is 1.01. The molecule has 1 aliphatic carbocycles.